The number of nitrogens with one attached hydrogen (secondary N) is 2. The lowest BCUT2D eigenvalue weighted by Gasteiger charge is -2.08. The van der Waals surface area contributed by atoms with Gasteiger partial charge in [-0.25, -0.2) is 4.98 Å². The van der Waals surface area contributed by atoms with E-state index in [0.29, 0.717) is 12.2 Å². The van der Waals surface area contributed by atoms with Gasteiger partial charge in [-0.15, -0.1) is 11.3 Å². The molecule has 2 aromatic carbocycles. The number of carbonyl (C=O) groups is 1. The minimum absolute atomic E-state index is 0.153. The molecule has 0 spiro atoms. The smallest absolute Gasteiger partial charge is 0.268 e. The molecular weight excluding hydrogens is 358 g/mol. The van der Waals surface area contributed by atoms with Crippen LogP contribution in [-0.4, -0.2) is 15.9 Å². The number of carbonyl (C=O) groups excluding carboxylic acids is 1. The first-order valence-electron chi connectivity index (χ1n) is 8.55. The van der Waals surface area contributed by atoms with Gasteiger partial charge in [0.2, 0.25) is 0 Å². The lowest BCUT2D eigenvalue weighted by atomic mass is 10.0. The number of aromatic amines is 1. The van der Waals surface area contributed by atoms with Gasteiger partial charge in [0.1, 0.15) is 22.7 Å². The van der Waals surface area contributed by atoms with Crippen LogP contribution in [0.1, 0.15) is 16.1 Å². The van der Waals surface area contributed by atoms with Crippen LogP contribution in [0, 0.1) is 0 Å². The van der Waals surface area contributed by atoms with Crippen LogP contribution in [-0.2, 0) is 6.54 Å². The van der Waals surface area contributed by atoms with Crippen molar-refractivity contribution in [3.63, 3.8) is 0 Å². The largest absolute Gasteiger partial charge is 0.456 e. The minimum Gasteiger partial charge on any atom is -0.456 e. The summed E-state index contributed by atoms with van der Waals surface area (Å²) in [6.45, 7) is 0.409. The van der Waals surface area contributed by atoms with Crippen molar-refractivity contribution >= 4 is 38.6 Å². The standard InChI is InChI=1S/C21H15N3O2S/c25-21(16-10-19-20(24-16)23-12-27-19)22-11-14-6-1-3-7-15(14)18-9-13-5-2-4-8-17(13)26-18/h1-10,12,24H,11H2,(H,22,25). The number of H-pyrrole nitrogens is 1. The second-order valence-electron chi connectivity index (χ2n) is 6.24. The molecule has 5 aromatic rings. The van der Waals surface area contributed by atoms with Gasteiger partial charge < -0.3 is 14.7 Å². The number of aromatic nitrogens is 2. The van der Waals surface area contributed by atoms with Gasteiger partial charge in [0.05, 0.1) is 10.2 Å². The predicted molar refractivity (Wildman–Crippen MR) is 107 cm³/mol. The highest BCUT2D eigenvalue weighted by molar-refractivity contribution is 7.16. The Morgan fingerprint density at radius 1 is 1.11 bits per heavy atom. The molecule has 6 heteroatoms. The van der Waals surface area contributed by atoms with Crippen molar-refractivity contribution in [2.75, 3.05) is 0 Å². The van der Waals surface area contributed by atoms with E-state index >= 15 is 0 Å². The van der Waals surface area contributed by atoms with Crippen LogP contribution in [0.15, 0.2) is 70.6 Å². The fourth-order valence-corrected chi connectivity index (χ4v) is 3.84. The normalized spacial score (nSPS) is 11.3. The van der Waals surface area contributed by atoms with Gasteiger partial charge in [-0.3, -0.25) is 4.79 Å². The summed E-state index contributed by atoms with van der Waals surface area (Å²) >= 11 is 1.51. The minimum atomic E-state index is -0.153. The molecule has 0 atom stereocenters. The van der Waals surface area contributed by atoms with E-state index in [0.717, 1.165) is 38.2 Å². The quantitative estimate of drug-likeness (QED) is 0.467. The maximum Gasteiger partial charge on any atom is 0.268 e. The van der Waals surface area contributed by atoms with Gasteiger partial charge >= 0.3 is 0 Å². The Bertz CT molecular complexity index is 1200. The zero-order valence-electron chi connectivity index (χ0n) is 14.2. The lowest BCUT2D eigenvalue weighted by molar-refractivity contribution is 0.0947. The molecular formula is C21H15N3O2S. The SMILES string of the molecule is O=C(NCc1ccccc1-c1cc2ccccc2o1)c1cc2scnc2[nH]1. The fourth-order valence-electron chi connectivity index (χ4n) is 3.17. The molecule has 0 bridgehead atoms. The molecule has 0 aliphatic carbocycles. The Morgan fingerprint density at radius 2 is 1.96 bits per heavy atom. The van der Waals surface area contributed by atoms with Gasteiger partial charge in [0.25, 0.3) is 5.91 Å². The first-order valence-corrected chi connectivity index (χ1v) is 9.43. The summed E-state index contributed by atoms with van der Waals surface area (Å²) in [6, 6.07) is 19.7. The Labute approximate surface area is 158 Å². The van der Waals surface area contributed by atoms with E-state index in [1.807, 2.05) is 60.7 Å². The number of amides is 1. The van der Waals surface area contributed by atoms with Crippen molar-refractivity contribution in [1.82, 2.24) is 15.3 Å². The highest BCUT2D eigenvalue weighted by Gasteiger charge is 2.13. The van der Waals surface area contributed by atoms with Crippen LogP contribution in [0.25, 0.3) is 32.6 Å². The van der Waals surface area contributed by atoms with Gasteiger partial charge in [-0.1, -0.05) is 42.5 Å². The number of thiazole rings is 1. The van der Waals surface area contributed by atoms with E-state index in [1.54, 1.807) is 5.51 Å². The van der Waals surface area contributed by atoms with Crippen LogP contribution in [0.4, 0.5) is 0 Å². The highest BCUT2D eigenvalue weighted by atomic mass is 32.1. The van der Waals surface area contributed by atoms with Crippen LogP contribution < -0.4 is 5.32 Å². The van der Waals surface area contributed by atoms with Crippen LogP contribution in [0.5, 0.6) is 0 Å². The third kappa shape index (κ3) is 2.90. The van der Waals surface area contributed by atoms with Gasteiger partial charge in [-0.05, 0) is 23.8 Å². The van der Waals surface area contributed by atoms with Crippen molar-refractivity contribution in [2.45, 2.75) is 6.54 Å². The van der Waals surface area contributed by atoms with E-state index in [-0.39, 0.29) is 5.91 Å². The molecule has 0 saturated heterocycles. The molecule has 3 aromatic heterocycles. The van der Waals surface area contributed by atoms with Gasteiger partial charge in [0.15, 0.2) is 0 Å². The van der Waals surface area contributed by atoms with Crippen molar-refractivity contribution in [1.29, 1.82) is 0 Å². The Morgan fingerprint density at radius 3 is 2.85 bits per heavy atom. The molecule has 0 saturated carbocycles. The molecule has 2 N–H and O–H groups in total. The topological polar surface area (TPSA) is 70.9 Å². The highest BCUT2D eigenvalue weighted by Crippen LogP contribution is 2.30. The average Bonchev–Trinajstić information content (AvgIpc) is 3.40. The molecule has 5 rings (SSSR count). The molecule has 0 unspecified atom stereocenters. The van der Waals surface area contributed by atoms with E-state index in [9.17, 15) is 4.79 Å². The molecule has 0 fully saturated rings. The number of fused-ring (bicyclic) bond motifs is 2. The second-order valence-corrected chi connectivity index (χ2v) is 7.12. The Kier molecular flexibility index (Phi) is 3.76. The van der Waals surface area contributed by atoms with E-state index in [4.69, 9.17) is 4.42 Å². The zero-order chi connectivity index (χ0) is 18.2. The van der Waals surface area contributed by atoms with Crippen LogP contribution >= 0.6 is 11.3 Å². The maximum atomic E-state index is 12.5. The molecule has 27 heavy (non-hydrogen) atoms. The molecule has 0 aliphatic rings. The number of hydrogen-bond acceptors (Lipinski definition) is 4. The molecule has 0 radical (unpaired) electrons. The molecule has 3 heterocycles. The summed E-state index contributed by atoms with van der Waals surface area (Å²) in [5.74, 6) is 0.644. The Hall–Kier alpha value is -3.38. The first kappa shape index (κ1) is 15.8. The number of para-hydroxylation sites is 1. The van der Waals surface area contributed by atoms with Gasteiger partial charge in [0, 0.05) is 17.5 Å². The summed E-state index contributed by atoms with van der Waals surface area (Å²) in [5.41, 5.74) is 5.84. The number of nitrogens with zero attached hydrogens (tertiary/aromatic N) is 1. The predicted octanol–water partition coefficient (Wildman–Crippen LogP) is 4.97. The number of benzene rings is 2. The summed E-state index contributed by atoms with van der Waals surface area (Å²) in [4.78, 5) is 19.7. The van der Waals surface area contributed by atoms with Crippen LogP contribution in [0.2, 0.25) is 0 Å². The molecule has 1 amide bonds. The second kappa shape index (κ2) is 6.41. The lowest BCUT2D eigenvalue weighted by Crippen LogP contribution is -2.23. The van der Waals surface area contributed by atoms with Gasteiger partial charge in [-0.2, -0.15) is 0 Å². The summed E-state index contributed by atoms with van der Waals surface area (Å²) in [7, 11) is 0. The maximum absolute atomic E-state index is 12.5. The first-order chi connectivity index (χ1) is 13.3. The monoisotopic (exact) mass is 373 g/mol. The third-order valence-electron chi connectivity index (χ3n) is 4.52. The van der Waals surface area contributed by atoms with Crippen molar-refractivity contribution in [2.24, 2.45) is 0 Å². The number of rotatable bonds is 4. The molecule has 5 nitrogen and oxygen atoms in total. The summed E-state index contributed by atoms with van der Waals surface area (Å²) < 4.78 is 6.96. The summed E-state index contributed by atoms with van der Waals surface area (Å²) in [5, 5.41) is 4.04. The molecule has 132 valence electrons. The number of hydrogen-bond donors (Lipinski definition) is 2. The zero-order valence-corrected chi connectivity index (χ0v) is 15.0. The summed E-state index contributed by atoms with van der Waals surface area (Å²) in [6.07, 6.45) is 0. The van der Waals surface area contributed by atoms with Crippen LogP contribution in [0.3, 0.4) is 0 Å². The van der Waals surface area contributed by atoms with E-state index in [2.05, 4.69) is 15.3 Å². The number of furan rings is 1. The third-order valence-corrected chi connectivity index (χ3v) is 5.29. The van der Waals surface area contributed by atoms with Crippen molar-refractivity contribution < 1.29 is 9.21 Å². The molecule has 0 aliphatic heterocycles. The van der Waals surface area contributed by atoms with E-state index in [1.165, 1.54) is 11.3 Å². The van der Waals surface area contributed by atoms with Crippen molar-refractivity contribution in [3.8, 4) is 11.3 Å². The van der Waals surface area contributed by atoms with E-state index < -0.39 is 0 Å². The Balaban J connectivity index is 1.40. The fraction of sp³-hybridized carbons (Fsp3) is 0.0476. The average molecular weight is 373 g/mol. The van der Waals surface area contributed by atoms with Crippen molar-refractivity contribution in [3.05, 3.63) is 77.4 Å².